The van der Waals surface area contributed by atoms with Crippen LogP contribution >= 0.6 is 11.8 Å². The summed E-state index contributed by atoms with van der Waals surface area (Å²) >= 11 is 1.82. The predicted molar refractivity (Wildman–Crippen MR) is 144 cm³/mol. The largest absolute Gasteiger partial charge is 0.496 e. The van der Waals surface area contributed by atoms with Crippen molar-refractivity contribution in [1.82, 2.24) is 4.90 Å². The first-order chi connectivity index (χ1) is 17.5. The molecule has 36 heavy (non-hydrogen) atoms. The summed E-state index contributed by atoms with van der Waals surface area (Å²) in [5.74, 6) is 1.35. The van der Waals surface area contributed by atoms with Crippen LogP contribution in [0.3, 0.4) is 0 Å². The Morgan fingerprint density at radius 3 is 2.47 bits per heavy atom. The lowest BCUT2D eigenvalue weighted by atomic mass is 9.87. The van der Waals surface area contributed by atoms with Gasteiger partial charge in [-0.05, 0) is 64.6 Å². The Morgan fingerprint density at radius 2 is 1.72 bits per heavy atom. The zero-order valence-corrected chi connectivity index (χ0v) is 21.2. The van der Waals surface area contributed by atoms with Gasteiger partial charge in [-0.15, -0.1) is 11.8 Å². The normalized spacial score (nSPS) is 14.9. The summed E-state index contributed by atoms with van der Waals surface area (Å²) in [7, 11) is 1.64. The molecule has 0 aromatic heterocycles. The van der Waals surface area contributed by atoms with Crippen LogP contribution in [0.1, 0.15) is 35.2 Å². The molecule has 0 spiro atoms. The number of thioether (sulfide) groups is 1. The number of halogens is 1. The fraction of sp³-hybridized carbons (Fsp3) is 0.194. The van der Waals surface area contributed by atoms with Crippen molar-refractivity contribution in [2.75, 3.05) is 13.7 Å². The molecule has 3 nitrogen and oxygen atoms in total. The van der Waals surface area contributed by atoms with Crippen LogP contribution in [0.25, 0.3) is 11.1 Å². The number of amides is 1. The van der Waals surface area contributed by atoms with Crippen LogP contribution in [-0.4, -0.2) is 24.5 Å². The molecule has 4 aromatic carbocycles. The van der Waals surface area contributed by atoms with Gasteiger partial charge in [0.25, 0.3) is 0 Å². The second-order valence-electron chi connectivity index (χ2n) is 8.97. The van der Waals surface area contributed by atoms with Gasteiger partial charge < -0.3 is 9.64 Å². The van der Waals surface area contributed by atoms with Gasteiger partial charge in [-0.25, -0.2) is 4.39 Å². The lowest BCUT2D eigenvalue weighted by Crippen LogP contribution is -2.39. The molecule has 0 radical (unpaired) electrons. The number of ether oxygens (including phenoxy) is 1. The maximum absolute atomic E-state index is 13.8. The van der Waals surface area contributed by atoms with Crippen LogP contribution in [0.4, 0.5) is 4.39 Å². The minimum Gasteiger partial charge on any atom is -0.496 e. The van der Waals surface area contributed by atoms with E-state index in [1.165, 1.54) is 28.2 Å². The van der Waals surface area contributed by atoms with E-state index >= 15 is 0 Å². The number of nitrogens with zero attached hydrogens (tertiary/aromatic N) is 1. The van der Waals surface area contributed by atoms with Gasteiger partial charge in [-0.3, -0.25) is 4.79 Å². The Balaban J connectivity index is 1.50. The zero-order valence-electron chi connectivity index (χ0n) is 20.4. The summed E-state index contributed by atoms with van der Waals surface area (Å²) in [5.41, 5.74) is 6.26. The van der Waals surface area contributed by atoms with E-state index in [1.54, 1.807) is 20.1 Å². The third kappa shape index (κ3) is 5.02. The molecule has 0 bridgehead atoms. The lowest BCUT2D eigenvalue weighted by molar-refractivity contribution is -0.130. The zero-order chi connectivity index (χ0) is 25.1. The van der Waals surface area contributed by atoms with Crippen molar-refractivity contribution in [3.05, 3.63) is 119 Å². The Kier molecular flexibility index (Phi) is 7.10. The molecule has 1 aliphatic heterocycles. The van der Waals surface area contributed by atoms with Gasteiger partial charge in [0.2, 0.25) is 5.91 Å². The average molecular weight is 498 g/mol. The van der Waals surface area contributed by atoms with E-state index in [4.69, 9.17) is 4.74 Å². The summed E-state index contributed by atoms with van der Waals surface area (Å²) in [4.78, 5) is 15.8. The number of fused-ring (bicyclic) bond motifs is 1. The van der Waals surface area contributed by atoms with E-state index in [0.717, 1.165) is 34.4 Å². The Bertz CT molecular complexity index is 1390. The number of hydrogen-bond donors (Lipinski definition) is 0. The van der Waals surface area contributed by atoms with Crippen molar-refractivity contribution in [2.45, 2.75) is 30.0 Å². The van der Waals surface area contributed by atoms with E-state index in [9.17, 15) is 9.18 Å². The monoisotopic (exact) mass is 497 g/mol. The highest BCUT2D eigenvalue weighted by Crippen LogP contribution is 2.42. The quantitative estimate of drug-likeness (QED) is 0.262. The van der Waals surface area contributed by atoms with Crippen molar-refractivity contribution in [3.63, 3.8) is 0 Å². The Morgan fingerprint density at radius 1 is 0.944 bits per heavy atom. The SMILES string of the molecule is COc1cc(-c2cccc(F)c2)ccc1C1c2ccc(SCc3ccccc3)cc2CCN1C(C)=O. The maximum Gasteiger partial charge on any atom is 0.220 e. The number of hydrogen-bond acceptors (Lipinski definition) is 3. The van der Waals surface area contributed by atoms with E-state index in [0.29, 0.717) is 12.3 Å². The first-order valence-electron chi connectivity index (χ1n) is 12.0. The Labute approximate surface area is 215 Å². The number of carbonyl (C=O) groups excluding carboxylic acids is 1. The molecule has 0 saturated carbocycles. The number of methoxy groups -OCH3 is 1. The summed E-state index contributed by atoms with van der Waals surface area (Å²) < 4.78 is 19.6. The summed E-state index contributed by atoms with van der Waals surface area (Å²) in [6.45, 7) is 2.27. The Hall–Kier alpha value is -3.57. The molecule has 1 amide bonds. The first-order valence-corrected chi connectivity index (χ1v) is 13.0. The van der Waals surface area contributed by atoms with Crippen LogP contribution in [0, 0.1) is 5.82 Å². The molecular formula is C31H28FNO2S. The van der Waals surface area contributed by atoms with E-state index in [-0.39, 0.29) is 17.8 Å². The van der Waals surface area contributed by atoms with Crippen molar-refractivity contribution < 1.29 is 13.9 Å². The van der Waals surface area contributed by atoms with Gasteiger partial charge in [0.1, 0.15) is 11.6 Å². The molecule has 1 aliphatic rings. The van der Waals surface area contributed by atoms with Crippen LogP contribution in [0.5, 0.6) is 5.75 Å². The van der Waals surface area contributed by atoms with Gasteiger partial charge in [-0.1, -0.05) is 60.7 Å². The molecule has 0 saturated heterocycles. The summed E-state index contributed by atoms with van der Waals surface area (Å²) in [6, 6.07) is 29.2. The fourth-order valence-electron chi connectivity index (χ4n) is 4.89. The summed E-state index contributed by atoms with van der Waals surface area (Å²) in [6.07, 6.45) is 0.814. The van der Waals surface area contributed by atoms with Gasteiger partial charge >= 0.3 is 0 Å². The third-order valence-electron chi connectivity index (χ3n) is 6.68. The molecule has 1 unspecified atom stereocenters. The van der Waals surface area contributed by atoms with Gasteiger partial charge in [-0.2, -0.15) is 0 Å². The van der Waals surface area contributed by atoms with Crippen molar-refractivity contribution in [2.24, 2.45) is 0 Å². The smallest absolute Gasteiger partial charge is 0.220 e. The van der Waals surface area contributed by atoms with Crippen molar-refractivity contribution >= 4 is 17.7 Å². The minimum absolute atomic E-state index is 0.0319. The number of rotatable bonds is 6. The van der Waals surface area contributed by atoms with Crippen molar-refractivity contribution in [1.29, 1.82) is 0 Å². The second kappa shape index (κ2) is 10.6. The molecule has 182 valence electrons. The standard InChI is InChI=1S/C31H28FNO2S/c1-21(34)33-16-15-25-18-27(36-20-22-7-4-3-5-8-22)12-14-28(25)31(33)29-13-11-24(19-30(29)35-2)23-9-6-10-26(32)17-23/h3-14,17-19,31H,15-16,20H2,1-2H3. The maximum atomic E-state index is 13.8. The lowest BCUT2D eigenvalue weighted by Gasteiger charge is -2.38. The highest BCUT2D eigenvalue weighted by atomic mass is 32.2. The minimum atomic E-state index is -0.277. The molecular weight excluding hydrogens is 469 g/mol. The van der Waals surface area contributed by atoms with Gasteiger partial charge in [0.05, 0.1) is 13.2 Å². The van der Waals surface area contributed by atoms with Crippen LogP contribution in [0.2, 0.25) is 0 Å². The molecule has 0 aliphatic carbocycles. The van der Waals surface area contributed by atoms with Crippen molar-refractivity contribution in [3.8, 4) is 16.9 Å². The predicted octanol–water partition coefficient (Wildman–Crippen LogP) is 7.29. The van der Waals surface area contributed by atoms with Crippen LogP contribution in [0.15, 0.2) is 95.9 Å². The molecule has 5 rings (SSSR count). The third-order valence-corrected chi connectivity index (χ3v) is 7.75. The second-order valence-corrected chi connectivity index (χ2v) is 10.0. The first kappa shape index (κ1) is 24.1. The van der Waals surface area contributed by atoms with E-state index in [2.05, 4.69) is 42.5 Å². The molecule has 4 aromatic rings. The highest BCUT2D eigenvalue weighted by Gasteiger charge is 2.32. The van der Waals surface area contributed by atoms with Crippen LogP contribution in [-0.2, 0) is 17.0 Å². The molecule has 0 N–H and O–H groups in total. The molecule has 5 heteroatoms. The molecule has 0 fully saturated rings. The highest BCUT2D eigenvalue weighted by molar-refractivity contribution is 7.98. The fourth-order valence-corrected chi connectivity index (χ4v) is 5.81. The van der Waals surface area contributed by atoms with E-state index < -0.39 is 0 Å². The average Bonchev–Trinajstić information content (AvgIpc) is 2.91. The topological polar surface area (TPSA) is 29.5 Å². The van der Waals surface area contributed by atoms with Gasteiger partial charge in [0, 0.05) is 29.7 Å². The molecule has 1 heterocycles. The van der Waals surface area contributed by atoms with Gasteiger partial charge in [0.15, 0.2) is 0 Å². The van der Waals surface area contributed by atoms with E-state index in [1.807, 2.05) is 47.0 Å². The number of benzene rings is 4. The van der Waals surface area contributed by atoms with Crippen LogP contribution < -0.4 is 4.74 Å². The summed E-state index contributed by atoms with van der Waals surface area (Å²) in [5, 5.41) is 0. The number of carbonyl (C=O) groups is 1. The molecule has 1 atom stereocenters.